The van der Waals surface area contributed by atoms with Crippen molar-refractivity contribution in [1.82, 2.24) is 0 Å². The van der Waals surface area contributed by atoms with Crippen LogP contribution in [-0.2, 0) is 0 Å². The normalized spacial score (nSPS) is 10.5. The summed E-state index contributed by atoms with van der Waals surface area (Å²) in [6, 6.07) is 8.12. The molecule has 17 heavy (non-hydrogen) atoms. The molecular weight excluding hydrogens is 218 g/mol. The number of nitro groups is 1. The molecule has 86 valence electrons. The maximum atomic E-state index is 11.8. The molecule has 0 unspecified atom stereocenters. The molecule has 0 aliphatic heterocycles. The number of benzene rings is 1. The molecule has 2 rings (SSSR count). The van der Waals surface area contributed by atoms with Crippen LogP contribution in [0.2, 0.25) is 0 Å². The lowest BCUT2D eigenvalue weighted by molar-refractivity contribution is -0.383. The summed E-state index contributed by atoms with van der Waals surface area (Å²) in [4.78, 5) is 22.3. The van der Waals surface area contributed by atoms with Gasteiger partial charge in [0.05, 0.1) is 10.3 Å². The van der Waals surface area contributed by atoms with Crippen LogP contribution < -0.4 is 5.43 Å². The molecule has 0 aliphatic carbocycles. The number of hydrogen-bond donors (Lipinski definition) is 0. The highest BCUT2D eigenvalue weighted by Crippen LogP contribution is 2.24. The fourth-order valence-corrected chi connectivity index (χ4v) is 1.90. The fourth-order valence-electron chi connectivity index (χ4n) is 1.90. The fraction of sp³-hybridized carbons (Fsp3) is 0.154. The Morgan fingerprint density at radius 1 is 1.12 bits per heavy atom. The average molecular weight is 229 g/mol. The van der Waals surface area contributed by atoms with Gasteiger partial charge >= 0.3 is 0 Å². The number of rotatable bonds is 1. The highest BCUT2D eigenvalue weighted by Gasteiger charge is 2.11. The molecule has 0 radical (unpaired) electrons. The summed E-state index contributed by atoms with van der Waals surface area (Å²) in [7, 11) is 0. The van der Waals surface area contributed by atoms with Crippen LogP contribution in [0.5, 0.6) is 0 Å². The summed E-state index contributed by atoms with van der Waals surface area (Å²) in [6.45, 7) is 3.39. The van der Waals surface area contributed by atoms with Crippen molar-refractivity contribution in [3.05, 3.63) is 61.8 Å². The Morgan fingerprint density at radius 2 is 1.76 bits per heavy atom. The van der Waals surface area contributed by atoms with E-state index >= 15 is 0 Å². The second kappa shape index (κ2) is 3.97. The molecular formula is C13H11NO3. The van der Waals surface area contributed by atoms with Crippen LogP contribution in [0.15, 0.2) is 35.1 Å². The quantitative estimate of drug-likeness (QED) is 0.558. The van der Waals surface area contributed by atoms with E-state index in [-0.39, 0.29) is 11.1 Å². The number of non-ortho nitro benzene ring substituents is 1. The zero-order valence-corrected chi connectivity index (χ0v) is 9.56. The first-order valence-corrected chi connectivity index (χ1v) is 5.19. The van der Waals surface area contributed by atoms with E-state index in [2.05, 4.69) is 0 Å². The molecule has 0 amide bonds. The van der Waals surface area contributed by atoms with Gasteiger partial charge in [-0.1, -0.05) is 12.1 Å². The third-order valence-electron chi connectivity index (χ3n) is 2.76. The molecule has 0 atom stereocenters. The second-order valence-corrected chi connectivity index (χ2v) is 4.02. The molecule has 0 saturated heterocycles. The van der Waals surface area contributed by atoms with E-state index in [1.807, 2.05) is 0 Å². The molecule has 0 N–H and O–H groups in total. The van der Waals surface area contributed by atoms with E-state index < -0.39 is 4.92 Å². The Labute approximate surface area is 97.7 Å². The van der Waals surface area contributed by atoms with Gasteiger partial charge in [0.2, 0.25) is 0 Å². The van der Waals surface area contributed by atoms with Gasteiger partial charge in [0.15, 0.2) is 5.43 Å². The van der Waals surface area contributed by atoms with Crippen LogP contribution in [0, 0.1) is 24.0 Å². The Morgan fingerprint density at radius 3 is 2.41 bits per heavy atom. The largest absolute Gasteiger partial charge is 0.289 e. The zero-order valence-electron chi connectivity index (χ0n) is 9.56. The van der Waals surface area contributed by atoms with Crippen LogP contribution in [0.4, 0.5) is 5.69 Å². The Kier molecular flexibility index (Phi) is 2.63. The first-order valence-electron chi connectivity index (χ1n) is 5.19. The van der Waals surface area contributed by atoms with Crippen LogP contribution in [0.3, 0.4) is 0 Å². The van der Waals surface area contributed by atoms with Crippen LogP contribution in [0.1, 0.15) is 11.1 Å². The van der Waals surface area contributed by atoms with Crippen molar-refractivity contribution in [1.29, 1.82) is 0 Å². The molecule has 4 nitrogen and oxygen atoms in total. The first kappa shape index (κ1) is 11.3. The van der Waals surface area contributed by atoms with Crippen LogP contribution >= 0.6 is 0 Å². The second-order valence-electron chi connectivity index (χ2n) is 4.02. The van der Waals surface area contributed by atoms with Gasteiger partial charge in [-0.15, -0.1) is 0 Å². The minimum absolute atomic E-state index is 0.0283. The summed E-state index contributed by atoms with van der Waals surface area (Å²) in [6.07, 6.45) is 0. The van der Waals surface area contributed by atoms with E-state index in [0.29, 0.717) is 21.9 Å². The Hall–Kier alpha value is -2.23. The molecule has 2 aromatic rings. The van der Waals surface area contributed by atoms with Gasteiger partial charge in [0, 0.05) is 6.07 Å². The van der Waals surface area contributed by atoms with Gasteiger partial charge in [-0.25, -0.2) is 0 Å². The van der Waals surface area contributed by atoms with Gasteiger partial charge in [-0.2, -0.15) is 0 Å². The summed E-state index contributed by atoms with van der Waals surface area (Å²) >= 11 is 0. The lowest BCUT2D eigenvalue weighted by Gasteiger charge is -1.95. The van der Waals surface area contributed by atoms with Crippen LogP contribution in [-0.4, -0.2) is 4.92 Å². The van der Waals surface area contributed by atoms with E-state index in [9.17, 15) is 14.9 Å². The monoisotopic (exact) mass is 229 g/mol. The van der Waals surface area contributed by atoms with E-state index in [0.717, 1.165) is 0 Å². The predicted molar refractivity (Wildman–Crippen MR) is 66.3 cm³/mol. The molecule has 0 fully saturated rings. The summed E-state index contributed by atoms with van der Waals surface area (Å²) in [5, 5.41) is 12.1. The minimum atomic E-state index is -0.429. The number of nitro benzene ring substituents is 1. The third-order valence-corrected chi connectivity index (χ3v) is 2.76. The first-order chi connectivity index (χ1) is 8.00. The molecule has 4 heteroatoms. The molecule has 0 heterocycles. The summed E-state index contributed by atoms with van der Waals surface area (Å²) in [5.74, 6) is 0. The average Bonchev–Trinajstić information content (AvgIpc) is 2.38. The zero-order chi connectivity index (χ0) is 12.6. The Bertz CT molecular complexity index is 677. The molecule has 0 spiro atoms. The molecule has 0 bridgehead atoms. The van der Waals surface area contributed by atoms with E-state index in [4.69, 9.17) is 0 Å². The van der Waals surface area contributed by atoms with Gasteiger partial charge in [-0.05, 0) is 42.5 Å². The smallest absolute Gasteiger partial charge is 0.277 e. The van der Waals surface area contributed by atoms with Gasteiger partial charge in [-0.3, -0.25) is 14.9 Å². The van der Waals surface area contributed by atoms with E-state index in [1.165, 1.54) is 6.07 Å². The lowest BCUT2D eigenvalue weighted by atomic mass is 10.1. The maximum absolute atomic E-state index is 11.8. The van der Waals surface area contributed by atoms with Gasteiger partial charge in [0.25, 0.3) is 5.69 Å². The standard InChI is InChI=1S/C13H11NO3/c1-8-6-10-4-3-5-12(14(16)17)11(10)7-9(2)13(8)15/h3-7H,1-2H3. The van der Waals surface area contributed by atoms with Crippen molar-refractivity contribution >= 4 is 16.5 Å². The summed E-state index contributed by atoms with van der Waals surface area (Å²) in [5.41, 5.74) is 1.07. The van der Waals surface area contributed by atoms with E-state index in [1.54, 1.807) is 38.1 Å². The number of aryl methyl sites for hydroxylation is 2. The minimum Gasteiger partial charge on any atom is -0.289 e. The number of fused-ring (bicyclic) bond motifs is 1. The van der Waals surface area contributed by atoms with Crippen molar-refractivity contribution in [3.63, 3.8) is 0 Å². The SMILES string of the molecule is Cc1cc2cccc([N+](=O)[O-])c2cc(C)c1=O. The lowest BCUT2D eigenvalue weighted by Crippen LogP contribution is -2.03. The molecule has 0 saturated carbocycles. The van der Waals surface area contributed by atoms with Crippen molar-refractivity contribution in [2.75, 3.05) is 0 Å². The van der Waals surface area contributed by atoms with Crippen molar-refractivity contribution in [2.24, 2.45) is 0 Å². The van der Waals surface area contributed by atoms with Gasteiger partial charge in [0.1, 0.15) is 0 Å². The maximum Gasteiger partial charge on any atom is 0.277 e. The van der Waals surface area contributed by atoms with Crippen molar-refractivity contribution in [3.8, 4) is 0 Å². The van der Waals surface area contributed by atoms with Crippen molar-refractivity contribution < 1.29 is 4.92 Å². The molecule has 2 aromatic carbocycles. The topological polar surface area (TPSA) is 60.2 Å². The third kappa shape index (κ3) is 1.89. The van der Waals surface area contributed by atoms with Crippen LogP contribution in [0.25, 0.3) is 10.8 Å². The van der Waals surface area contributed by atoms with Crippen molar-refractivity contribution in [2.45, 2.75) is 13.8 Å². The number of nitrogens with zero attached hydrogens (tertiary/aromatic N) is 1. The highest BCUT2D eigenvalue weighted by atomic mass is 16.6. The highest BCUT2D eigenvalue weighted by molar-refractivity contribution is 5.90. The summed E-state index contributed by atoms with van der Waals surface area (Å²) < 4.78 is 0. The number of hydrogen-bond acceptors (Lipinski definition) is 3. The molecule has 0 aliphatic rings. The molecule has 0 aromatic heterocycles. The predicted octanol–water partition coefficient (Wildman–Crippen LogP) is 2.73. The van der Waals surface area contributed by atoms with Gasteiger partial charge < -0.3 is 0 Å². The Balaban J connectivity index is 3.03.